The fourth-order valence-electron chi connectivity index (χ4n) is 8.05. The number of hydrogen-bond acceptors (Lipinski definition) is 11. The number of rotatable bonds is 6. The van der Waals surface area contributed by atoms with Crippen LogP contribution >= 0.6 is 0 Å². The third kappa shape index (κ3) is 5.97. The Morgan fingerprint density at radius 2 is 1.74 bits per heavy atom. The van der Waals surface area contributed by atoms with Gasteiger partial charge in [0.2, 0.25) is 11.8 Å². The summed E-state index contributed by atoms with van der Waals surface area (Å²) >= 11 is 0. The van der Waals surface area contributed by atoms with Crippen molar-refractivity contribution >= 4 is 29.0 Å². The van der Waals surface area contributed by atoms with Crippen LogP contribution in [-0.4, -0.2) is 93.2 Å². The van der Waals surface area contributed by atoms with Crippen LogP contribution in [0, 0.1) is 5.82 Å². The number of carbonyl (C=O) groups excluding carboxylic acids is 2. The molecule has 260 valence electrons. The first-order valence-corrected chi connectivity index (χ1v) is 17.3. The normalized spacial score (nSPS) is 22.9. The number of nitrogens with zero attached hydrogens (tertiary/aromatic N) is 7. The summed E-state index contributed by atoms with van der Waals surface area (Å²) in [5.74, 6) is -0.174. The molecule has 3 aliphatic heterocycles. The number of imide groups is 1. The monoisotopic (exact) mass is 681 g/mol. The van der Waals surface area contributed by atoms with E-state index in [-0.39, 0.29) is 29.2 Å². The number of nitrogens with two attached hydrogens (primary N) is 1. The fraction of sp³-hybridized carbons (Fsp3) is 0.417. The molecule has 2 aromatic heterocycles. The van der Waals surface area contributed by atoms with Crippen molar-refractivity contribution in [3.8, 4) is 28.4 Å². The highest BCUT2D eigenvalue weighted by molar-refractivity contribution is 6.02. The van der Waals surface area contributed by atoms with Gasteiger partial charge in [-0.1, -0.05) is 18.2 Å². The van der Waals surface area contributed by atoms with Crippen LogP contribution in [0.25, 0.3) is 16.9 Å². The number of amides is 2. The van der Waals surface area contributed by atoms with E-state index >= 15 is 0 Å². The van der Waals surface area contributed by atoms with Crippen molar-refractivity contribution in [1.29, 1.82) is 0 Å². The molecule has 4 aromatic rings. The number of carbonyl (C=O) groups is 2. The second kappa shape index (κ2) is 13.2. The zero-order valence-corrected chi connectivity index (χ0v) is 27.7. The molecule has 50 heavy (non-hydrogen) atoms. The van der Waals surface area contributed by atoms with Crippen molar-refractivity contribution in [2.24, 2.45) is 0 Å². The van der Waals surface area contributed by atoms with Gasteiger partial charge in [0.25, 0.3) is 0 Å². The van der Waals surface area contributed by atoms with E-state index in [1.165, 1.54) is 17.7 Å². The molecule has 0 spiro atoms. The number of anilines is 3. The van der Waals surface area contributed by atoms with Crippen LogP contribution in [0.15, 0.2) is 54.9 Å². The summed E-state index contributed by atoms with van der Waals surface area (Å²) in [6, 6.07) is 12.4. The number of phenols is 1. The van der Waals surface area contributed by atoms with E-state index in [9.17, 15) is 19.1 Å². The minimum Gasteiger partial charge on any atom is -0.504 e. The number of nitrogen functional groups attached to an aromatic ring is 1. The van der Waals surface area contributed by atoms with E-state index in [1.807, 2.05) is 18.5 Å². The summed E-state index contributed by atoms with van der Waals surface area (Å²) in [5.41, 5.74) is 10.3. The molecule has 4 aliphatic rings. The molecule has 13 nitrogen and oxygen atoms in total. The molecule has 4 N–H and O–H groups in total. The number of piperidine rings is 1. The van der Waals surface area contributed by atoms with Gasteiger partial charge >= 0.3 is 0 Å². The second-order valence-corrected chi connectivity index (χ2v) is 13.5. The van der Waals surface area contributed by atoms with E-state index < -0.39 is 11.6 Å². The SMILES string of the molecule is Nc1nnc(-c2cccc(F)c2O)cc1-n1cc(N2CCN(C3CCC(c4cccc5c4OCCN5[C@@H]4CCC(=O)NC4=O)CC3)CC2)cn1. The number of para-hydroxylation sites is 2. The number of benzene rings is 2. The molecule has 2 aromatic carbocycles. The molecule has 8 rings (SSSR count). The average Bonchev–Trinajstić information content (AvgIpc) is 3.63. The summed E-state index contributed by atoms with van der Waals surface area (Å²) in [7, 11) is 0. The number of aromatic hydroxyl groups is 1. The molecule has 0 bridgehead atoms. The first-order valence-electron chi connectivity index (χ1n) is 17.3. The Hall–Kier alpha value is -5.24. The van der Waals surface area contributed by atoms with Crippen LogP contribution in [0.5, 0.6) is 11.5 Å². The minimum atomic E-state index is -0.736. The maximum Gasteiger partial charge on any atom is 0.249 e. The summed E-state index contributed by atoms with van der Waals surface area (Å²) in [6.07, 6.45) is 8.98. The standard InChI is InChI=1S/C36H40FN9O4/c37-27-5-1-4-26(33(27)48)28-19-31(35(38)42-41-28)46-21-24(20-39-46)44-15-13-43(14-16-44)23-9-7-22(8-10-23)25-3-2-6-29-34(25)50-18-17-45(29)30-11-12-32(47)40-36(30)49/h1-6,19-23,30,48H,7-18H2,(H2,38,42)(H,40,47,49)/t22?,23?,30-/m1/s1. The summed E-state index contributed by atoms with van der Waals surface area (Å²) in [5, 5.41) is 25.4. The van der Waals surface area contributed by atoms with Crippen molar-refractivity contribution in [3.63, 3.8) is 0 Å². The van der Waals surface area contributed by atoms with Crippen molar-refractivity contribution < 1.29 is 23.8 Å². The topological polar surface area (TPSA) is 155 Å². The number of phenolic OH excluding ortho intramolecular Hbond substituents is 1. The lowest BCUT2D eigenvalue weighted by molar-refractivity contribution is -0.134. The molecule has 14 heteroatoms. The van der Waals surface area contributed by atoms with Gasteiger partial charge in [-0.25, -0.2) is 9.07 Å². The molecule has 1 saturated carbocycles. The lowest BCUT2D eigenvalue weighted by Crippen LogP contribution is -2.54. The third-order valence-electron chi connectivity index (χ3n) is 10.7. The van der Waals surface area contributed by atoms with E-state index in [4.69, 9.17) is 10.5 Å². The number of nitrogens with one attached hydrogen (secondary N) is 1. The maximum atomic E-state index is 14.0. The van der Waals surface area contributed by atoms with Crippen molar-refractivity contribution in [1.82, 2.24) is 30.2 Å². The molecule has 2 amide bonds. The molecule has 0 radical (unpaired) electrons. The van der Waals surface area contributed by atoms with Crippen molar-refractivity contribution in [2.45, 2.75) is 56.5 Å². The number of piperazine rings is 1. The van der Waals surface area contributed by atoms with E-state index in [0.717, 1.165) is 69.0 Å². The maximum absolute atomic E-state index is 14.0. The summed E-state index contributed by atoms with van der Waals surface area (Å²) in [4.78, 5) is 31.5. The van der Waals surface area contributed by atoms with Crippen LogP contribution in [0.2, 0.25) is 0 Å². The summed E-state index contributed by atoms with van der Waals surface area (Å²) in [6.45, 7) is 4.79. The predicted octanol–water partition coefficient (Wildman–Crippen LogP) is 3.61. The van der Waals surface area contributed by atoms with Gasteiger partial charge in [-0.05, 0) is 67.9 Å². The Morgan fingerprint density at radius 3 is 2.54 bits per heavy atom. The quantitative estimate of drug-likeness (QED) is 0.256. The van der Waals surface area contributed by atoms with Gasteiger partial charge < -0.3 is 25.4 Å². The highest BCUT2D eigenvalue weighted by atomic mass is 19.1. The Balaban J connectivity index is 0.886. The molecule has 3 fully saturated rings. The first kappa shape index (κ1) is 32.0. The molecule has 2 saturated heterocycles. The van der Waals surface area contributed by atoms with Gasteiger partial charge in [0.05, 0.1) is 36.0 Å². The van der Waals surface area contributed by atoms with Crippen molar-refractivity contribution in [2.75, 3.05) is 54.9 Å². The van der Waals surface area contributed by atoms with Gasteiger partial charge in [0.1, 0.15) is 24.1 Å². The lowest BCUT2D eigenvalue weighted by Gasteiger charge is -2.43. The molecule has 0 unspecified atom stereocenters. The van der Waals surface area contributed by atoms with E-state index in [1.54, 1.807) is 16.8 Å². The van der Waals surface area contributed by atoms with Crippen LogP contribution in [-0.2, 0) is 9.59 Å². The molecule has 5 heterocycles. The first-order chi connectivity index (χ1) is 24.3. The van der Waals surface area contributed by atoms with Crippen molar-refractivity contribution in [3.05, 3.63) is 66.2 Å². The summed E-state index contributed by atoms with van der Waals surface area (Å²) < 4.78 is 21.9. The Kier molecular flexibility index (Phi) is 8.47. The largest absolute Gasteiger partial charge is 0.504 e. The highest BCUT2D eigenvalue weighted by Gasteiger charge is 2.37. The van der Waals surface area contributed by atoms with Gasteiger partial charge in [0.15, 0.2) is 17.4 Å². The van der Waals surface area contributed by atoms with Crippen LogP contribution in [0.1, 0.15) is 50.0 Å². The Morgan fingerprint density at radius 1 is 0.940 bits per heavy atom. The molecular weight excluding hydrogens is 641 g/mol. The Bertz CT molecular complexity index is 1920. The fourth-order valence-corrected chi connectivity index (χ4v) is 8.05. The third-order valence-corrected chi connectivity index (χ3v) is 10.7. The van der Waals surface area contributed by atoms with Gasteiger partial charge in [-0.2, -0.15) is 5.10 Å². The number of fused-ring (bicyclic) bond motifs is 1. The highest BCUT2D eigenvalue weighted by Crippen LogP contribution is 2.45. The zero-order valence-electron chi connectivity index (χ0n) is 27.7. The minimum absolute atomic E-state index is 0.175. The molecular formula is C36H40FN9O4. The van der Waals surface area contributed by atoms with Gasteiger partial charge in [-0.15, -0.1) is 10.2 Å². The van der Waals surface area contributed by atoms with Crippen LogP contribution < -0.4 is 25.6 Å². The van der Waals surface area contributed by atoms with E-state index in [0.29, 0.717) is 49.3 Å². The van der Waals surface area contributed by atoms with Crippen LogP contribution in [0.4, 0.5) is 21.6 Å². The lowest BCUT2D eigenvalue weighted by atomic mass is 9.80. The number of ether oxygens (including phenoxy) is 1. The van der Waals surface area contributed by atoms with Gasteiger partial charge in [0, 0.05) is 44.2 Å². The number of aromatic nitrogens is 4. The smallest absolute Gasteiger partial charge is 0.249 e. The molecule has 1 atom stereocenters. The Labute approximate surface area is 288 Å². The second-order valence-electron chi connectivity index (χ2n) is 13.5. The number of hydrogen-bond donors (Lipinski definition) is 3. The number of halogens is 1. The van der Waals surface area contributed by atoms with Crippen LogP contribution in [0.3, 0.4) is 0 Å². The average molecular weight is 682 g/mol. The van der Waals surface area contributed by atoms with E-state index in [2.05, 4.69) is 47.4 Å². The predicted molar refractivity (Wildman–Crippen MR) is 185 cm³/mol. The zero-order chi connectivity index (χ0) is 34.4. The van der Waals surface area contributed by atoms with Gasteiger partial charge in [-0.3, -0.25) is 19.8 Å². The molecule has 1 aliphatic carbocycles.